The normalized spacial score (nSPS) is 14.3. The number of carbonyl (C=O) groups is 2. The molecular formula is C16H8F14O2S2. The van der Waals surface area contributed by atoms with Gasteiger partial charge in [-0.2, -0.15) is 61.5 Å². The van der Waals surface area contributed by atoms with Gasteiger partial charge in [-0.3, -0.25) is 9.59 Å². The lowest BCUT2D eigenvalue weighted by Gasteiger charge is -2.27. The van der Waals surface area contributed by atoms with Crippen LogP contribution in [-0.2, 0) is 21.1 Å². The highest BCUT2D eigenvalue weighted by atomic mass is 32.2. The third-order valence-corrected chi connectivity index (χ3v) is 5.80. The number of alkyl halides is 14. The topological polar surface area (TPSA) is 34.1 Å². The molecule has 0 bridgehead atoms. The standard InChI is InChI=1S/C16H8F14O2S2/c17-11(18,13(21,22)15(25,26)27)9(31)33-5-7-3-1-2-4-8(7)6-34-10(32)12(19,20)14(23,24)16(28,29)30/h1-4H,5-6H2. The lowest BCUT2D eigenvalue weighted by atomic mass is 10.1. The quantitative estimate of drug-likeness (QED) is 0.324. The zero-order chi connectivity index (χ0) is 27.0. The van der Waals surface area contributed by atoms with Gasteiger partial charge in [-0.1, -0.05) is 47.8 Å². The molecule has 0 saturated heterocycles. The molecule has 0 aliphatic carbocycles. The van der Waals surface area contributed by atoms with Crippen LogP contribution in [0.3, 0.4) is 0 Å². The van der Waals surface area contributed by atoms with E-state index in [0.29, 0.717) is 0 Å². The maximum absolute atomic E-state index is 13.4. The van der Waals surface area contributed by atoms with Gasteiger partial charge in [0.2, 0.25) is 0 Å². The van der Waals surface area contributed by atoms with Gasteiger partial charge < -0.3 is 0 Å². The minimum absolute atomic E-state index is 0.377. The van der Waals surface area contributed by atoms with E-state index in [4.69, 9.17) is 0 Å². The average Bonchev–Trinajstić information content (AvgIpc) is 2.68. The first kappa shape index (κ1) is 30.3. The highest BCUT2D eigenvalue weighted by molar-refractivity contribution is 8.13. The Kier molecular flexibility index (Phi) is 8.68. The number of hydrogen-bond acceptors (Lipinski definition) is 4. The average molecular weight is 562 g/mol. The molecule has 1 rings (SSSR count). The summed E-state index contributed by atoms with van der Waals surface area (Å²) >= 11 is -1.48. The van der Waals surface area contributed by atoms with E-state index >= 15 is 0 Å². The van der Waals surface area contributed by atoms with Crippen LogP contribution in [0.15, 0.2) is 24.3 Å². The van der Waals surface area contributed by atoms with E-state index in [9.17, 15) is 71.1 Å². The van der Waals surface area contributed by atoms with E-state index in [0.717, 1.165) is 24.3 Å². The molecule has 0 aliphatic heterocycles. The second-order valence-corrected chi connectivity index (χ2v) is 8.11. The van der Waals surface area contributed by atoms with E-state index in [2.05, 4.69) is 0 Å². The van der Waals surface area contributed by atoms with Crippen LogP contribution in [0.25, 0.3) is 0 Å². The van der Waals surface area contributed by atoms with Crippen LogP contribution in [0.2, 0.25) is 0 Å². The van der Waals surface area contributed by atoms with Crippen molar-refractivity contribution in [3.63, 3.8) is 0 Å². The van der Waals surface area contributed by atoms with Gasteiger partial charge in [-0.25, -0.2) is 0 Å². The third-order valence-electron chi connectivity index (χ3n) is 3.85. The van der Waals surface area contributed by atoms with Gasteiger partial charge in [0, 0.05) is 11.5 Å². The molecule has 0 radical (unpaired) electrons. The second-order valence-electron chi connectivity index (χ2n) is 6.21. The minimum Gasteiger partial charge on any atom is -0.280 e. The van der Waals surface area contributed by atoms with Crippen molar-refractivity contribution in [3.05, 3.63) is 35.4 Å². The summed E-state index contributed by atoms with van der Waals surface area (Å²) in [5, 5.41) is -5.85. The summed E-state index contributed by atoms with van der Waals surface area (Å²) < 4.78 is 178. The van der Waals surface area contributed by atoms with Crippen LogP contribution in [0.5, 0.6) is 0 Å². The number of hydrogen-bond donors (Lipinski definition) is 0. The highest BCUT2D eigenvalue weighted by Gasteiger charge is 2.77. The van der Waals surface area contributed by atoms with Gasteiger partial charge in [0.1, 0.15) is 0 Å². The van der Waals surface area contributed by atoms with Crippen LogP contribution in [0.4, 0.5) is 61.5 Å². The fraction of sp³-hybridized carbons (Fsp3) is 0.500. The molecule has 0 atom stereocenters. The Bertz CT molecular complexity index is 835. The Labute approximate surface area is 188 Å². The molecule has 0 aliphatic rings. The predicted octanol–water partition coefficient (Wildman–Crippen LogP) is 6.87. The van der Waals surface area contributed by atoms with Crippen molar-refractivity contribution >= 4 is 33.8 Å². The molecule has 194 valence electrons. The SMILES string of the molecule is O=C(SCc1ccccc1CSC(=O)C(F)(F)C(F)(F)C(F)(F)F)C(F)(F)C(F)(F)C(F)(F)F. The van der Waals surface area contributed by atoms with Gasteiger partial charge in [0.05, 0.1) is 0 Å². The van der Waals surface area contributed by atoms with Crippen molar-refractivity contribution in [1.82, 2.24) is 0 Å². The number of halogens is 14. The number of rotatable bonds is 8. The van der Waals surface area contributed by atoms with E-state index < -0.39 is 81.3 Å². The highest BCUT2D eigenvalue weighted by Crippen LogP contribution is 2.50. The lowest BCUT2D eigenvalue weighted by molar-refractivity contribution is -0.341. The molecule has 0 spiro atoms. The van der Waals surface area contributed by atoms with Gasteiger partial charge in [-0.15, -0.1) is 0 Å². The Morgan fingerprint density at radius 3 is 1.06 bits per heavy atom. The maximum atomic E-state index is 13.4. The zero-order valence-electron chi connectivity index (χ0n) is 15.6. The first-order valence-corrected chi connectivity index (χ1v) is 10.0. The molecule has 0 aromatic heterocycles. The van der Waals surface area contributed by atoms with Crippen LogP contribution in [0, 0.1) is 0 Å². The Balaban J connectivity index is 2.99. The molecule has 2 nitrogen and oxygen atoms in total. The smallest absolute Gasteiger partial charge is 0.280 e. The van der Waals surface area contributed by atoms with Crippen molar-refractivity contribution in [3.8, 4) is 0 Å². The molecule has 34 heavy (non-hydrogen) atoms. The summed E-state index contributed by atoms with van der Waals surface area (Å²) in [5.41, 5.74) is -0.753. The fourth-order valence-electron chi connectivity index (χ4n) is 1.92. The van der Waals surface area contributed by atoms with Crippen molar-refractivity contribution in [2.45, 2.75) is 47.5 Å². The number of benzene rings is 1. The summed E-state index contributed by atoms with van der Waals surface area (Å²) in [6.45, 7) is 0. The van der Waals surface area contributed by atoms with Crippen LogP contribution >= 0.6 is 23.5 Å². The van der Waals surface area contributed by atoms with Crippen molar-refractivity contribution < 1.29 is 71.1 Å². The summed E-state index contributed by atoms with van der Waals surface area (Å²) in [7, 11) is 0. The first-order valence-electron chi connectivity index (χ1n) is 8.07. The molecule has 0 amide bonds. The van der Waals surface area contributed by atoms with Gasteiger partial charge >= 0.3 is 36.0 Å². The number of thioether (sulfide) groups is 2. The lowest BCUT2D eigenvalue weighted by Crippen LogP contribution is -2.55. The minimum atomic E-state index is -6.79. The van der Waals surface area contributed by atoms with Crippen molar-refractivity contribution in [1.29, 1.82) is 0 Å². The van der Waals surface area contributed by atoms with Gasteiger partial charge in [0.15, 0.2) is 0 Å². The molecule has 18 heteroatoms. The predicted molar refractivity (Wildman–Crippen MR) is 90.9 cm³/mol. The molecule has 0 heterocycles. The molecule has 1 aromatic rings. The third kappa shape index (κ3) is 5.73. The van der Waals surface area contributed by atoms with E-state index in [1.165, 1.54) is 0 Å². The molecular weight excluding hydrogens is 554 g/mol. The molecule has 0 fully saturated rings. The first-order chi connectivity index (χ1) is 15.0. The Hall–Kier alpha value is -1.72. The van der Waals surface area contributed by atoms with Gasteiger partial charge in [-0.05, 0) is 11.1 Å². The summed E-state index contributed by atoms with van der Waals surface area (Å²) in [6.07, 6.45) is -13.6. The van der Waals surface area contributed by atoms with E-state index in [-0.39, 0.29) is 11.1 Å². The fourth-order valence-corrected chi connectivity index (χ4v) is 3.67. The molecule has 0 unspecified atom stereocenters. The molecule has 0 N–H and O–H groups in total. The van der Waals surface area contributed by atoms with Crippen LogP contribution in [0.1, 0.15) is 11.1 Å². The van der Waals surface area contributed by atoms with Gasteiger partial charge in [0.25, 0.3) is 10.2 Å². The van der Waals surface area contributed by atoms with Crippen molar-refractivity contribution in [2.75, 3.05) is 0 Å². The van der Waals surface area contributed by atoms with E-state index in [1.54, 1.807) is 0 Å². The van der Waals surface area contributed by atoms with Crippen LogP contribution < -0.4 is 0 Å². The maximum Gasteiger partial charge on any atom is 0.460 e. The zero-order valence-corrected chi connectivity index (χ0v) is 17.3. The van der Waals surface area contributed by atoms with E-state index in [1.807, 2.05) is 0 Å². The Morgan fingerprint density at radius 1 is 0.559 bits per heavy atom. The molecule has 0 saturated carbocycles. The summed E-state index contributed by atoms with van der Waals surface area (Å²) in [5.74, 6) is -28.0. The summed E-state index contributed by atoms with van der Waals surface area (Å²) in [4.78, 5) is 22.7. The number of carbonyl (C=O) groups excluding carboxylic acids is 2. The second kappa shape index (κ2) is 9.73. The molecule has 1 aromatic carbocycles. The summed E-state index contributed by atoms with van der Waals surface area (Å²) in [6, 6.07) is 4.02. The monoisotopic (exact) mass is 562 g/mol. The largest absolute Gasteiger partial charge is 0.460 e. The van der Waals surface area contributed by atoms with Crippen LogP contribution in [-0.4, -0.2) is 46.3 Å². The Morgan fingerprint density at radius 2 is 0.824 bits per heavy atom. The van der Waals surface area contributed by atoms with Crippen molar-refractivity contribution in [2.24, 2.45) is 0 Å².